The van der Waals surface area contributed by atoms with Crippen molar-refractivity contribution >= 4 is 57.3 Å². The topological polar surface area (TPSA) is 82.4 Å². The van der Waals surface area contributed by atoms with E-state index in [1.807, 2.05) is 94.4 Å². The normalized spacial score (nSPS) is 14.4. The zero-order valence-corrected chi connectivity index (χ0v) is 30.8. The molecule has 258 valence electrons. The molecule has 1 aromatic heterocycles. The lowest BCUT2D eigenvalue weighted by Gasteiger charge is -2.30. The molecule has 0 bridgehead atoms. The average molecular weight is 731 g/mol. The Morgan fingerprint density at radius 2 is 1.72 bits per heavy atom. The molecule has 0 aliphatic carbocycles. The number of nitrogens with zero attached hydrogens (tertiary/aromatic N) is 3. The standard InChI is InChI=1S/C39H37Cl2N3O5S/c1-6-43(7-2)38(46)34-23(4)42-39-44(36(34)35-28-12-10-9-11-25(28)15-18-31(35)47-5)37(45)33(50-39)20-24-13-17-30(32(19-24)48-8-3)49-22-26-14-16-27(40)21-29(26)41/h9-21,36H,6-8,22H2,1-5H3/b33-20+/t36-/m1/s1. The van der Waals surface area contributed by atoms with Crippen molar-refractivity contribution in [1.29, 1.82) is 0 Å². The molecule has 2 heterocycles. The van der Waals surface area contributed by atoms with Crippen LogP contribution in [0.15, 0.2) is 93.9 Å². The maximum Gasteiger partial charge on any atom is 0.271 e. The number of fused-ring (bicyclic) bond motifs is 2. The number of halogens is 2. The molecule has 0 fully saturated rings. The van der Waals surface area contributed by atoms with Crippen molar-refractivity contribution in [2.75, 3.05) is 26.8 Å². The maximum absolute atomic E-state index is 14.5. The summed E-state index contributed by atoms with van der Waals surface area (Å²) in [5, 5.41) is 2.92. The maximum atomic E-state index is 14.5. The highest BCUT2D eigenvalue weighted by molar-refractivity contribution is 7.07. The summed E-state index contributed by atoms with van der Waals surface area (Å²) in [5.74, 6) is 1.48. The predicted octanol–water partition coefficient (Wildman–Crippen LogP) is 7.55. The van der Waals surface area contributed by atoms with Crippen LogP contribution in [-0.2, 0) is 11.4 Å². The van der Waals surface area contributed by atoms with Crippen LogP contribution < -0.4 is 29.1 Å². The molecule has 1 atom stereocenters. The Hall–Kier alpha value is -4.57. The molecule has 0 radical (unpaired) electrons. The molecule has 0 unspecified atom stereocenters. The summed E-state index contributed by atoms with van der Waals surface area (Å²) in [5.41, 5.74) is 3.02. The number of likely N-dealkylation sites (N-methyl/N-ethyl adjacent to an activating group) is 1. The van der Waals surface area contributed by atoms with Crippen molar-refractivity contribution in [1.82, 2.24) is 9.47 Å². The number of carbonyl (C=O) groups is 1. The minimum absolute atomic E-state index is 0.164. The second-order valence-electron chi connectivity index (χ2n) is 11.6. The van der Waals surface area contributed by atoms with Gasteiger partial charge in [-0.15, -0.1) is 0 Å². The van der Waals surface area contributed by atoms with Crippen molar-refractivity contribution in [3.05, 3.63) is 130 Å². The monoisotopic (exact) mass is 729 g/mol. The molecule has 0 saturated heterocycles. The van der Waals surface area contributed by atoms with E-state index in [2.05, 4.69) is 0 Å². The fourth-order valence-electron chi connectivity index (χ4n) is 6.23. The first kappa shape index (κ1) is 35.3. The van der Waals surface area contributed by atoms with Gasteiger partial charge in [0.05, 0.1) is 29.5 Å². The molecule has 1 aliphatic heterocycles. The third kappa shape index (κ3) is 6.77. The highest BCUT2D eigenvalue weighted by Gasteiger charge is 2.36. The number of carbonyl (C=O) groups excluding carboxylic acids is 1. The van der Waals surface area contributed by atoms with Crippen molar-refractivity contribution in [2.45, 2.75) is 40.3 Å². The van der Waals surface area contributed by atoms with Gasteiger partial charge in [-0.3, -0.25) is 14.2 Å². The minimum atomic E-state index is -0.767. The van der Waals surface area contributed by atoms with E-state index < -0.39 is 6.04 Å². The smallest absolute Gasteiger partial charge is 0.271 e. The fraction of sp³-hybridized carbons (Fsp3) is 0.256. The van der Waals surface area contributed by atoms with E-state index in [9.17, 15) is 9.59 Å². The Labute approximate surface area is 304 Å². The highest BCUT2D eigenvalue weighted by Crippen LogP contribution is 2.40. The van der Waals surface area contributed by atoms with Gasteiger partial charge >= 0.3 is 0 Å². The first-order valence-corrected chi connectivity index (χ1v) is 18.0. The van der Waals surface area contributed by atoms with Gasteiger partial charge in [0.2, 0.25) is 0 Å². The number of aromatic nitrogens is 1. The summed E-state index contributed by atoms with van der Waals surface area (Å²) in [6.45, 7) is 9.29. The van der Waals surface area contributed by atoms with Crippen molar-refractivity contribution in [3.63, 3.8) is 0 Å². The molecule has 1 amide bonds. The molecule has 4 aromatic carbocycles. The third-order valence-corrected chi connectivity index (χ3v) is 10.3. The SMILES string of the molecule is CCOc1cc(/C=c2/sc3n(c2=O)[C@@H](c2c(OC)ccc4ccccc24)C(C(=O)N(CC)CC)=C(C)N=3)ccc1OCc1ccc(Cl)cc1Cl. The highest BCUT2D eigenvalue weighted by atomic mass is 35.5. The summed E-state index contributed by atoms with van der Waals surface area (Å²) >= 11 is 13.7. The Bertz CT molecular complexity index is 2310. The van der Waals surface area contributed by atoms with Gasteiger partial charge in [-0.05, 0) is 80.4 Å². The first-order chi connectivity index (χ1) is 24.2. The Kier molecular flexibility index (Phi) is 10.7. The van der Waals surface area contributed by atoms with Crippen LogP contribution >= 0.6 is 34.5 Å². The van der Waals surface area contributed by atoms with Crippen molar-refractivity contribution in [3.8, 4) is 17.2 Å². The first-order valence-electron chi connectivity index (χ1n) is 16.4. The molecule has 6 rings (SSSR count). The number of allylic oxidation sites excluding steroid dienone is 1. The summed E-state index contributed by atoms with van der Waals surface area (Å²) in [6, 6.07) is 21.8. The Morgan fingerprint density at radius 1 is 0.960 bits per heavy atom. The van der Waals surface area contributed by atoms with E-state index >= 15 is 0 Å². The molecule has 0 saturated carbocycles. The second-order valence-corrected chi connectivity index (χ2v) is 13.5. The van der Waals surface area contributed by atoms with Gasteiger partial charge in [-0.2, -0.15) is 0 Å². The van der Waals surface area contributed by atoms with Gasteiger partial charge in [-0.1, -0.05) is 77.0 Å². The number of amides is 1. The van der Waals surface area contributed by atoms with Crippen LogP contribution in [0.25, 0.3) is 16.8 Å². The zero-order chi connectivity index (χ0) is 35.5. The van der Waals surface area contributed by atoms with Gasteiger partial charge in [0.1, 0.15) is 18.4 Å². The van der Waals surface area contributed by atoms with Gasteiger partial charge < -0.3 is 19.1 Å². The summed E-state index contributed by atoms with van der Waals surface area (Å²) in [7, 11) is 1.60. The summed E-state index contributed by atoms with van der Waals surface area (Å²) in [6.07, 6.45) is 1.81. The summed E-state index contributed by atoms with van der Waals surface area (Å²) in [4.78, 5) is 35.9. The molecular formula is C39H37Cl2N3O5S. The predicted molar refractivity (Wildman–Crippen MR) is 201 cm³/mol. The lowest BCUT2D eigenvalue weighted by molar-refractivity contribution is -0.127. The van der Waals surface area contributed by atoms with Crippen molar-refractivity contribution < 1.29 is 19.0 Å². The number of thiazole rings is 1. The number of ether oxygens (including phenoxy) is 3. The number of methoxy groups -OCH3 is 1. The van der Waals surface area contributed by atoms with Gasteiger partial charge in [-0.25, -0.2) is 4.99 Å². The molecule has 50 heavy (non-hydrogen) atoms. The van der Waals surface area contributed by atoms with E-state index in [0.717, 1.165) is 27.5 Å². The molecular weight excluding hydrogens is 693 g/mol. The van der Waals surface area contributed by atoms with Crippen LogP contribution in [-0.4, -0.2) is 42.2 Å². The number of rotatable bonds is 11. The number of hydrogen-bond acceptors (Lipinski definition) is 7. The molecule has 1 aliphatic rings. The Morgan fingerprint density at radius 3 is 2.44 bits per heavy atom. The minimum Gasteiger partial charge on any atom is -0.496 e. The average Bonchev–Trinajstić information content (AvgIpc) is 3.41. The van der Waals surface area contributed by atoms with E-state index in [1.165, 1.54) is 11.3 Å². The van der Waals surface area contributed by atoms with Gasteiger partial charge in [0.25, 0.3) is 11.5 Å². The van der Waals surface area contributed by atoms with E-state index in [0.29, 0.717) is 67.6 Å². The van der Waals surface area contributed by atoms with Crippen LogP contribution in [0.4, 0.5) is 0 Å². The largest absolute Gasteiger partial charge is 0.496 e. The molecule has 0 spiro atoms. The summed E-state index contributed by atoms with van der Waals surface area (Å²) < 4.78 is 20.1. The molecule has 8 nitrogen and oxygen atoms in total. The fourth-order valence-corrected chi connectivity index (χ4v) is 7.74. The number of benzene rings is 4. The van der Waals surface area contributed by atoms with Crippen molar-refractivity contribution in [2.24, 2.45) is 4.99 Å². The van der Waals surface area contributed by atoms with Gasteiger partial charge in [0, 0.05) is 34.3 Å². The van der Waals surface area contributed by atoms with E-state index in [4.69, 9.17) is 42.4 Å². The van der Waals surface area contributed by atoms with E-state index in [-0.39, 0.29) is 18.1 Å². The van der Waals surface area contributed by atoms with Crippen LogP contribution in [0, 0.1) is 0 Å². The third-order valence-electron chi connectivity index (χ3n) is 8.69. The lowest BCUT2D eigenvalue weighted by atomic mass is 9.90. The second kappa shape index (κ2) is 15.1. The molecule has 11 heteroatoms. The van der Waals surface area contributed by atoms with Crippen LogP contribution in [0.2, 0.25) is 10.0 Å². The lowest BCUT2D eigenvalue weighted by Crippen LogP contribution is -2.43. The Balaban J connectivity index is 1.49. The zero-order valence-electron chi connectivity index (χ0n) is 28.5. The molecule has 0 N–H and O–H groups in total. The van der Waals surface area contributed by atoms with Gasteiger partial charge in [0.15, 0.2) is 16.3 Å². The van der Waals surface area contributed by atoms with Crippen LogP contribution in [0.5, 0.6) is 17.2 Å². The van der Waals surface area contributed by atoms with Crippen LogP contribution in [0.1, 0.15) is 50.4 Å². The number of hydrogen-bond donors (Lipinski definition) is 0. The van der Waals surface area contributed by atoms with E-state index in [1.54, 1.807) is 28.7 Å². The van der Waals surface area contributed by atoms with Crippen LogP contribution in [0.3, 0.4) is 0 Å². The molecule has 5 aromatic rings. The quantitative estimate of drug-likeness (QED) is 0.140.